The fourth-order valence-electron chi connectivity index (χ4n) is 2.03. The second kappa shape index (κ2) is 6.89. The summed E-state index contributed by atoms with van der Waals surface area (Å²) < 4.78 is 0. The van der Waals surface area contributed by atoms with Crippen LogP contribution in [-0.4, -0.2) is 23.6 Å². The minimum absolute atomic E-state index is 0.844. The van der Waals surface area contributed by atoms with E-state index < -0.39 is 0 Å². The lowest BCUT2D eigenvalue weighted by Crippen LogP contribution is -2.18. The molecule has 0 unspecified atom stereocenters. The van der Waals surface area contributed by atoms with Crippen molar-refractivity contribution in [3.63, 3.8) is 0 Å². The van der Waals surface area contributed by atoms with Gasteiger partial charge >= 0.3 is 0 Å². The summed E-state index contributed by atoms with van der Waals surface area (Å²) in [4.78, 5) is 10.7. The van der Waals surface area contributed by atoms with Crippen LogP contribution in [0.2, 0.25) is 0 Å². The smallest absolute Gasteiger partial charge is 0.134 e. The number of hydrogen-bond donors (Lipinski definition) is 1. The lowest BCUT2D eigenvalue weighted by molar-refractivity contribution is 0.882. The van der Waals surface area contributed by atoms with E-state index in [9.17, 15) is 0 Å². The standard InChI is InChI=1S/C16H22N4/c1-4-9-17-15-10-16(19-12-18-15)20(3)11-14-8-6-5-7-13(14)2/h5-8,10,12H,4,9,11H2,1-3H3,(H,17,18,19). The quantitative estimate of drug-likeness (QED) is 0.875. The van der Waals surface area contributed by atoms with Crippen molar-refractivity contribution >= 4 is 11.6 Å². The van der Waals surface area contributed by atoms with Gasteiger partial charge in [-0.25, -0.2) is 9.97 Å². The molecule has 0 atom stereocenters. The summed E-state index contributed by atoms with van der Waals surface area (Å²) in [6, 6.07) is 10.4. The Morgan fingerprint density at radius 1 is 1.20 bits per heavy atom. The normalized spacial score (nSPS) is 10.3. The first-order valence-corrected chi connectivity index (χ1v) is 7.02. The number of nitrogens with zero attached hydrogens (tertiary/aromatic N) is 3. The van der Waals surface area contributed by atoms with E-state index in [-0.39, 0.29) is 0 Å². The Morgan fingerprint density at radius 2 is 2.00 bits per heavy atom. The molecule has 2 aromatic rings. The third-order valence-corrected chi connectivity index (χ3v) is 3.27. The summed E-state index contributed by atoms with van der Waals surface area (Å²) in [6.45, 7) is 6.05. The molecule has 0 saturated heterocycles. The number of aryl methyl sites for hydroxylation is 1. The minimum atomic E-state index is 0.844. The van der Waals surface area contributed by atoms with Crippen LogP contribution in [0, 0.1) is 6.92 Å². The number of nitrogens with one attached hydrogen (secondary N) is 1. The summed E-state index contributed by atoms with van der Waals surface area (Å²) in [7, 11) is 2.05. The molecule has 2 rings (SSSR count). The third kappa shape index (κ3) is 3.70. The zero-order valence-electron chi connectivity index (χ0n) is 12.4. The first-order chi connectivity index (χ1) is 9.70. The van der Waals surface area contributed by atoms with Crippen LogP contribution in [0.15, 0.2) is 36.7 Å². The molecule has 0 saturated carbocycles. The first kappa shape index (κ1) is 14.3. The molecule has 1 aromatic carbocycles. The highest BCUT2D eigenvalue weighted by atomic mass is 15.2. The van der Waals surface area contributed by atoms with Crippen LogP contribution in [0.5, 0.6) is 0 Å². The van der Waals surface area contributed by atoms with Crippen LogP contribution in [0.4, 0.5) is 11.6 Å². The Labute approximate surface area is 120 Å². The Balaban J connectivity index is 2.09. The maximum absolute atomic E-state index is 4.35. The SMILES string of the molecule is CCCNc1cc(N(C)Cc2ccccc2C)ncn1. The molecule has 4 heteroatoms. The zero-order chi connectivity index (χ0) is 14.4. The second-order valence-corrected chi connectivity index (χ2v) is 4.97. The van der Waals surface area contributed by atoms with Gasteiger partial charge in [0.2, 0.25) is 0 Å². The van der Waals surface area contributed by atoms with Gasteiger partial charge < -0.3 is 10.2 Å². The van der Waals surface area contributed by atoms with Crippen LogP contribution in [0.3, 0.4) is 0 Å². The van der Waals surface area contributed by atoms with Gasteiger partial charge in [0.05, 0.1) is 0 Å². The lowest BCUT2D eigenvalue weighted by Gasteiger charge is -2.19. The average Bonchev–Trinajstić information content (AvgIpc) is 2.48. The molecule has 0 amide bonds. The van der Waals surface area contributed by atoms with E-state index in [0.29, 0.717) is 0 Å². The predicted octanol–water partition coefficient (Wildman–Crippen LogP) is 3.24. The highest BCUT2D eigenvalue weighted by Gasteiger charge is 2.06. The topological polar surface area (TPSA) is 41.0 Å². The Kier molecular flexibility index (Phi) is 4.93. The maximum Gasteiger partial charge on any atom is 0.134 e. The van der Waals surface area contributed by atoms with E-state index in [0.717, 1.165) is 31.1 Å². The molecule has 1 aromatic heterocycles. The average molecular weight is 270 g/mol. The van der Waals surface area contributed by atoms with Gasteiger partial charge in [0.1, 0.15) is 18.0 Å². The summed E-state index contributed by atoms with van der Waals surface area (Å²) in [5.74, 6) is 1.82. The number of benzene rings is 1. The summed E-state index contributed by atoms with van der Waals surface area (Å²) in [6.07, 6.45) is 2.69. The molecule has 106 valence electrons. The monoisotopic (exact) mass is 270 g/mol. The van der Waals surface area contributed by atoms with Crippen molar-refractivity contribution in [2.75, 3.05) is 23.8 Å². The van der Waals surface area contributed by atoms with E-state index >= 15 is 0 Å². The fourth-order valence-corrected chi connectivity index (χ4v) is 2.03. The lowest BCUT2D eigenvalue weighted by atomic mass is 10.1. The Hall–Kier alpha value is -2.10. The van der Waals surface area contributed by atoms with Crippen molar-refractivity contribution in [2.45, 2.75) is 26.8 Å². The van der Waals surface area contributed by atoms with E-state index in [1.807, 2.05) is 6.07 Å². The van der Waals surface area contributed by atoms with Crippen molar-refractivity contribution < 1.29 is 0 Å². The van der Waals surface area contributed by atoms with E-state index in [2.05, 4.69) is 65.3 Å². The van der Waals surface area contributed by atoms with Crippen LogP contribution >= 0.6 is 0 Å². The number of anilines is 2. The molecular formula is C16H22N4. The summed E-state index contributed by atoms with van der Waals surface area (Å²) >= 11 is 0. The molecule has 20 heavy (non-hydrogen) atoms. The predicted molar refractivity (Wildman–Crippen MR) is 84.1 cm³/mol. The van der Waals surface area contributed by atoms with Crippen LogP contribution in [0.1, 0.15) is 24.5 Å². The molecule has 4 nitrogen and oxygen atoms in total. The zero-order valence-corrected chi connectivity index (χ0v) is 12.4. The van der Waals surface area contributed by atoms with Gasteiger partial charge in [-0.3, -0.25) is 0 Å². The molecule has 1 N–H and O–H groups in total. The van der Waals surface area contributed by atoms with Crippen molar-refractivity contribution in [2.24, 2.45) is 0 Å². The molecule has 1 heterocycles. The molecule has 0 aliphatic heterocycles. The van der Waals surface area contributed by atoms with Gasteiger partial charge in [0.25, 0.3) is 0 Å². The molecule has 0 aliphatic rings. The first-order valence-electron chi connectivity index (χ1n) is 7.02. The molecule has 0 spiro atoms. The Bertz CT molecular complexity index is 554. The van der Waals surface area contributed by atoms with E-state index in [4.69, 9.17) is 0 Å². The van der Waals surface area contributed by atoms with Crippen molar-refractivity contribution in [3.8, 4) is 0 Å². The Morgan fingerprint density at radius 3 is 2.75 bits per heavy atom. The molecule has 0 fully saturated rings. The molecule has 0 aliphatic carbocycles. The number of rotatable bonds is 6. The molecule has 0 radical (unpaired) electrons. The van der Waals surface area contributed by atoms with Gasteiger partial charge in [-0.15, -0.1) is 0 Å². The highest BCUT2D eigenvalue weighted by molar-refractivity contribution is 5.48. The summed E-state index contributed by atoms with van der Waals surface area (Å²) in [5.41, 5.74) is 2.62. The largest absolute Gasteiger partial charge is 0.370 e. The third-order valence-electron chi connectivity index (χ3n) is 3.27. The van der Waals surface area contributed by atoms with Gasteiger partial charge in [0.15, 0.2) is 0 Å². The highest BCUT2D eigenvalue weighted by Crippen LogP contribution is 2.17. The van der Waals surface area contributed by atoms with Crippen LogP contribution in [-0.2, 0) is 6.54 Å². The van der Waals surface area contributed by atoms with Crippen LogP contribution < -0.4 is 10.2 Å². The van der Waals surface area contributed by atoms with Gasteiger partial charge in [0, 0.05) is 26.2 Å². The number of aromatic nitrogens is 2. The van der Waals surface area contributed by atoms with E-state index in [1.54, 1.807) is 6.33 Å². The number of hydrogen-bond acceptors (Lipinski definition) is 4. The van der Waals surface area contributed by atoms with Crippen molar-refractivity contribution in [3.05, 3.63) is 47.8 Å². The van der Waals surface area contributed by atoms with Crippen molar-refractivity contribution in [1.29, 1.82) is 0 Å². The second-order valence-electron chi connectivity index (χ2n) is 4.97. The maximum atomic E-state index is 4.35. The van der Waals surface area contributed by atoms with Crippen molar-refractivity contribution in [1.82, 2.24) is 9.97 Å². The molecule has 0 bridgehead atoms. The fraction of sp³-hybridized carbons (Fsp3) is 0.375. The van der Waals surface area contributed by atoms with Crippen LogP contribution in [0.25, 0.3) is 0 Å². The van der Waals surface area contributed by atoms with Gasteiger partial charge in [-0.2, -0.15) is 0 Å². The van der Waals surface area contributed by atoms with E-state index in [1.165, 1.54) is 11.1 Å². The minimum Gasteiger partial charge on any atom is -0.370 e. The van der Waals surface area contributed by atoms with Gasteiger partial charge in [-0.1, -0.05) is 31.2 Å². The summed E-state index contributed by atoms with van der Waals surface area (Å²) in [5, 5.41) is 3.29. The van der Waals surface area contributed by atoms with Gasteiger partial charge in [-0.05, 0) is 24.5 Å². The molecular weight excluding hydrogens is 248 g/mol.